The molecule has 2 aliphatic rings. The van der Waals surface area contributed by atoms with Crippen LogP contribution in [0.5, 0.6) is 0 Å². The summed E-state index contributed by atoms with van der Waals surface area (Å²) in [4.78, 5) is 28.1. The smallest absolute Gasteiger partial charge is 0.274 e. The van der Waals surface area contributed by atoms with Crippen molar-refractivity contribution in [3.63, 3.8) is 0 Å². The summed E-state index contributed by atoms with van der Waals surface area (Å²) in [5.41, 5.74) is 3.01. The van der Waals surface area contributed by atoms with Gasteiger partial charge in [-0.2, -0.15) is 0 Å². The fourth-order valence-corrected chi connectivity index (χ4v) is 4.12. The van der Waals surface area contributed by atoms with Gasteiger partial charge in [0, 0.05) is 26.2 Å². The third-order valence-corrected chi connectivity index (χ3v) is 5.55. The van der Waals surface area contributed by atoms with Crippen LogP contribution in [0.3, 0.4) is 0 Å². The number of ether oxygens (including phenoxy) is 1. The number of carbonyl (C=O) groups excluding carboxylic acids is 1. The lowest BCUT2D eigenvalue weighted by Gasteiger charge is -2.28. The molecule has 2 fully saturated rings. The number of morpholine rings is 1. The largest absolute Gasteiger partial charge is 0.378 e. The van der Waals surface area contributed by atoms with Crippen molar-refractivity contribution in [2.75, 3.05) is 51.8 Å². The monoisotopic (exact) mass is 395 g/mol. The normalized spacial score (nSPS) is 19.8. The Hall–Kier alpha value is -2.51. The highest BCUT2D eigenvalue weighted by Gasteiger charge is 2.28. The van der Waals surface area contributed by atoms with Crippen LogP contribution in [-0.2, 0) is 11.3 Å². The molecule has 0 radical (unpaired) electrons. The quantitative estimate of drug-likeness (QED) is 0.775. The molecule has 0 bridgehead atoms. The molecular formula is C22H29N5O2. The maximum atomic E-state index is 12.8. The Morgan fingerprint density at radius 2 is 1.90 bits per heavy atom. The van der Waals surface area contributed by atoms with E-state index in [0.29, 0.717) is 32.0 Å². The average molecular weight is 396 g/mol. The molecule has 7 heteroatoms. The number of hydrogen-bond acceptors (Lipinski definition) is 6. The summed E-state index contributed by atoms with van der Waals surface area (Å²) < 4.78 is 5.34. The molecule has 4 rings (SSSR count). The zero-order chi connectivity index (χ0) is 20.2. The number of anilines is 1. The van der Waals surface area contributed by atoms with Crippen molar-refractivity contribution in [3.8, 4) is 0 Å². The summed E-state index contributed by atoms with van der Waals surface area (Å²) in [6.07, 6.45) is 5.53. The molecule has 3 heterocycles. The fourth-order valence-electron chi connectivity index (χ4n) is 4.12. The Morgan fingerprint density at radius 3 is 2.62 bits per heavy atom. The van der Waals surface area contributed by atoms with Gasteiger partial charge in [-0.3, -0.25) is 9.78 Å². The molecule has 2 saturated heterocycles. The van der Waals surface area contributed by atoms with E-state index >= 15 is 0 Å². The zero-order valence-corrected chi connectivity index (χ0v) is 17.3. The molecule has 0 N–H and O–H groups in total. The van der Waals surface area contributed by atoms with Crippen molar-refractivity contribution in [1.29, 1.82) is 0 Å². The molecule has 2 aliphatic heterocycles. The van der Waals surface area contributed by atoms with E-state index in [0.717, 1.165) is 31.7 Å². The van der Waals surface area contributed by atoms with E-state index in [9.17, 15) is 4.79 Å². The molecule has 2 aromatic rings. The van der Waals surface area contributed by atoms with E-state index < -0.39 is 0 Å². The molecule has 1 unspecified atom stereocenters. The lowest BCUT2D eigenvalue weighted by Crippen LogP contribution is -2.41. The first kappa shape index (κ1) is 19.8. The first-order valence-electron chi connectivity index (χ1n) is 10.3. The van der Waals surface area contributed by atoms with Crippen LogP contribution in [-0.4, -0.2) is 72.6 Å². The lowest BCUT2D eigenvalue weighted by molar-refractivity contribution is 0.0299. The van der Waals surface area contributed by atoms with Crippen LogP contribution in [0.25, 0.3) is 0 Å². The third-order valence-electron chi connectivity index (χ3n) is 5.55. The molecule has 154 valence electrons. The Labute approximate surface area is 172 Å². The second-order valence-electron chi connectivity index (χ2n) is 8.00. The van der Waals surface area contributed by atoms with Crippen LogP contribution in [0, 0.1) is 0 Å². The second-order valence-corrected chi connectivity index (χ2v) is 8.00. The molecule has 1 aromatic heterocycles. The molecule has 0 saturated carbocycles. The lowest BCUT2D eigenvalue weighted by atomic mass is 10.0. The van der Waals surface area contributed by atoms with Gasteiger partial charge in [0.15, 0.2) is 0 Å². The first-order valence-corrected chi connectivity index (χ1v) is 10.3. The van der Waals surface area contributed by atoms with E-state index in [4.69, 9.17) is 4.74 Å². The molecule has 0 aliphatic carbocycles. The van der Waals surface area contributed by atoms with Crippen molar-refractivity contribution in [1.82, 2.24) is 19.8 Å². The molecule has 1 aromatic carbocycles. The number of nitrogens with zero attached hydrogens (tertiary/aromatic N) is 5. The van der Waals surface area contributed by atoms with Gasteiger partial charge in [0.05, 0.1) is 31.6 Å². The van der Waals surface area contributed by atoms with Gasteiger partial charge >= 0.3 is 0 Å². The van der Waals surface area contributed by atoms with E-state index in [1.807, 2.05) is 0 Å². The number of amides is 1. The highest BCUT2D eigenvalue weighted by Crippen LogP contribution is 2.35. The average Bonchev–Trinajstić information content (AvgIpc) is 3.24. The molecule has 1 atom stereocenters. The summed E-state index contributed by atoms with van der Waals surface area (Å²) in [5, 5.41) is 0. The van der Waals surface area contributed by atoms with E-state index in [1.165, 1.54) is 11.1 Å². The topological polar surface area (TPSA) is 61.8 Å². The summed E-state index contributed by atoms with van der Waals surface area (Å²) in [5.74, 6) is 0.718. The molecule has 29 heavy (non-hydrogen) atoms. The van der Waals surface area contributed by atoms with E-state index in [-0.39, 0.29) is 11.9 Å². The maximum absolute atomic E-state index is 12.8. The number of carbonyl (C=O) groups is 1. The van der Waals surface area contributed by atoms with Crippen molar-refractivity contribution in [2.45, 2.75) is 25.4 Å². The predicted octanol–water partition coefficient (Wildman–Crippen LogP) is 2.35. The molecule has 1 amide bonds. The Kier molecular flexibility index (Phi) is 6.06. The minimum absolute atomic E-state index is 0.0635. The van der Waals surface area contributed by atoms with Crippen LogP contribution < -0.4 is 4.90 Å². The minimum atomic E-state index is -0.0635. The molecule has 7 nitrogen and oxygen atoms in total. The predicted molar refractivity (Wildman–Crippen MR) is 112 cm³/mol. The van der Waals surface area contributed by atoms with Crippen molar-refractivity contribution in [2.24, 2.45) is 0 Å². The second kappa shape index (κ2) is 8.88. The SMILES string of the molecule is CN(C)Cc1ccc(C2CCCN2c2cncc(C(=O)N3CCOCC3)n2)cc1. The summed E-state index contributed by atoms with van der Waals surface area (Å²) >= 11 is 0. The summed E-state index contributed by atoms with van der Waals surface area (Å²) in [6, 6.07) is 9.12. The van der Waals surface area contributed by atoms with Gasteiger partial charge in [0.25, 0.3) is 5.91 Å². The first-order chi connectivity index (χ1) is 14.1. The van der Waals surface area contributed by atoms with Crippen LogP contribution in [0.2, 0.25) is 0 Å². The number of hydrogen-bond donors (Lipinski definition) is 0. The Bertz CT molecular complexity index is 833. The van der Waals surface area contributed by atoms with Gasteiger partial charge < -0.3 is 19.4 Å². The summed E-state index contributed by atoms with van der Waals surface area (Å²) in [7, 11) is 4.16. The van der Waals surface area contributed by atoms with Crippen molar-refractivity contribution < 1.29 is 9.53 Å². The van der Waals surface area contributed by atoms with E-state index in [2.05, 4.69) is 58.1 Å². The van der Waals surface area contributed by atoms with Crippen LogP contribution >= 0.6 is 0 Å². The Balaban J connectivity index is 1.52. The van der Waals surface area contributed by atoms with Crippen LogP contribution in [0.1, 0.15) is 40.5 Å². The molecular weight excluding hydrogens is 366 g/mol. The van der Waals surface area contributed by atoms with Gasteiger partial charge in [0.2, 0.25) is 0 Å². The number of aromatic nitrogens is 2. The number of rotatable bonds is 5. The van der Waals surface area contributed by atoms with Crippen LogP contribution in [0.4, 0.5) is 5.82 Å². The van der Waals surface area contributed by atoms with Gasteiger partial charge in [-0.15, -0.1) is 0 Å². The van der Waals surface area contributed by atoms with Gasteiger partial charge in [0.1, 0.15) is 11.5 Å². The molecule has 0 spiro atoms. The van der Waals surface area contributed by atoms with Crippen molar-refractivity contribution >= 4 is 11.7 Å². The fraction of sp³-hybridized carbons (Fsp3) is 0.500. The maximum Gasteiger partial charge on any atom is 0.274 e. The van der Waals surface area contributed by atoms with Crippen molar-refractivity contribution in [3.05, 3.63) is 53.5 Å². The standard InChI is InChI=1S/C22H29N5O2/c1-25(2)16-17-5-7-18(8-6-17)20-4-3-9-27(20)21-15-23-14-19(24-21)22(28)26-10-12-29-13-11-26/h5-8,14-15,20H,3-4,9-13,16H2,1-2H3. The minimum Gasteiger partial charge on any atom is -0.378 e. The summed E-state index contributed by atoms with van der Waals surface area (Å²) in [6.45, 7) is 4.24. The van der Waals surface area contributed by atoms with Gasteiger partial charge in [-0.25, -0.2) is 4.98 Å². The Morgan fingerprint density at radius 1 is 1.14 bits per heavy atom. The van der Waals surface area contributed by atoms with Gasteiger partial charge in [-0.1, -0.05) is 24.3 Å². The van der Waals surface area contributed by atoms with Crippen LogP contribution in [0.15, 0.2) is 36.7 Å². The number of benzene rings is 1. The third kappa shape index (κ3) is 4.57. The zero-order valence-electron chi connectivity index (χ0n) is 17.3. The highest BCUT2D eigenvalue weighted by molar-refractivity contribution is 5.92. The highest BCUT2D eigenvalue weighted by atomic mass is 16.5. The van der Waals surface area contributed by atoms with Gasteiger partial charge in [-0.05, 0) is 38.1 Å². The van der Waals surface area contributed by atoms with E-state index in [1.54, 1.807) is 17.3 Å².